The van der Waals surface area contributed by atoms with Gasteiger partial charge in [-0.3, -0.25) is 19.7 Å². The number of fused-ring (bicyclic) bond motifs is 8. The molecule has 2 bridgehead atoms. The van der Waals surface area contributed by atoms with E-state index in [1.165, 1.54) is 12.1 Å². The first kappa shape index (κ1) is 17.0. The zero-order chi connectivity index (χ0) is 19.6. The van der Waals surface area contributed by atoms with Crippen molar-refractivity contribution in [3.8, 4) is 0 Å². The Bertz CT molecular complexity index is 1060. The molecule has 4 heterocycles. The molecule has 1 aromatic heterocycles. The maximum Gasteiger partial charge on any atom is 0.308 e. The molecule has 0 aliphatic carbocycles. The Morgan fingerprint density at radius 1 is 1.21 bits per heavy atom. The van der Waals surface area contributed by atoms with Gasteiger partial charge in [0.05, 0.1) is 10.8 Å². The minimum absolute atomic E-state index is 0.0181. The third-order valence-electron chi connectivity index (χ3n) is 6.52. The van der Waals surface area contributed by atoms with Crippen LogP contribution >= 0.6 is 0 Å². The van der Waals surface area contributed by atoms with Gasteiger partial charge >= 0.3 is 5.97 Å². The van der Waals surface area contributed by atoms with Crippen LogP contribution in [0.2, 0.25) is 0 Å². The maximum atomic E-state index is 12.3. The quantitative estimate of drug-likeness (QED) is 0.630. The Morgan fingerprint density at radius 3 is 2.79 bits per heavy atom. The molecular weight excluding hydrogens is 362 g/mol. The van der Waals surface area contributed by atoms with Gasteiger partial charge in [0.1, 0.15) is 0 Å². The van der Waals surface area contributed by atoms with E-state index in [2.05, 4.69) is 4.90 Å². The van der Waals surface area contributed by atoms with Crippen molar-refractivity contribution in [2.24, 2.45) is 11.8 Å². The fourth-order valence-electron chi connectivity index (χ4n) is 5.44. The highest BCUT2D eigenvalue weighted by atomic mass is 16.6. The van der Waals surface area contributed by atoms with E-state index in [1.54, 1.807) is 22.8 Å². The summed E-state index contributed by atoms with van der Waals surface area (Å²) in [5.74, 6) is -1.35. The SMILES string of the molecule is O=C(O)[C@@H]1Cc2cc([N+](=O)[O-])ccc2N2CC3CC(Cn4c3cccc4=O)[C@@H]12. The van der Waals surface area contributed by atoms with Crippen LogP contribution in [-0.4, -0.2) is 33.2 Å². The van der Waals surface area contributed by atoms with Gasteiger partial charge in [0.25, 0.3) is 11.2 Å². The normalized spacial score (nSPS) is 27.4. The van der Waals surface area contributed by atoms with Crippen molar-refractivity contribution < 1.29 is 14.8 Å². The molecule has 5 rings (SSSR count). The third kappa shape index (κ3) is 2.37. The maximum absolute atomic E-state index is 12.3. The molecule has 2 unspecified atom stereocenters. The summed E-state index contributed by atoms with van der Waals surface area (Å²) in [5.41, 5.74) is 2.52. The number of nitrogens with zero attached hydrogens (tertiary/aromatic N) is 3. The van der Waals surface area contributed by atoms with Crippen molar-refractivity contribution in [3.63, 3.8) is 0 Å². The number of rotatable bonds is 2. The lowest BCUT2D eigenvalue weighted by molar-refractivity contribution is -0.384. The van der Waals surface area contributed by atoms with Gasteiger partial charge in [-0.25, -0.2) is 0 Å². The standard InChI is InChI=1S/C20H19N3O5/c24-18-3-1-2-16-12-6-13(10-21(16)18)19-15(20(25)26)8-11-7-14(23(27)28)4-5-17(11)22(19)9-12/h1-5,7,12-13,15,19H,6,8-10H2,(H,25,26)/t12?,13?,15-,19+/m1/s1. The molecule has 0 saturated carbocycles. The van der Waals surface area contributed by atoms with Gasteiger partial charge in [-0.1, -0.05) is 6.07 Å². The molecule has 1 saturated heterocycles. The summed E-state index contributed by atoms with van der Waals surface area (Å²) in [6, 6.07) is 9.81. The fourth-order valence-corrected chi connectivity index (χ4v) is 5.44. The summed E-state index contributed by atoms with van der Waals surface area (Å²) >= 11 is 0. The van der Waals surface area contributed by atoms with Gasteiger partial charge in [0.15, 0.2) is 0 Å². The zero-order valence-corrected chi connectivity index (χ0v) is 15.0. The molecule has 3 aliphatic rings. The number of carboxylic acids is 1. The third-order valence-corrected chi connectivity index (χ3v) is 6.52. The number of nitro groups is 1. The van der Waals surface area contributed by atoms with Crippen LogP contribution in [0.5, 0.6) is 0 Å². The van der Waals surface area contributed by atoms with Crippen molar-refractivity contribution >= 4 is 17.3 Å². The average Bonchev–Trinajstić information content (AvgIpc) is 2.67. The molecule has 4 atom stereocenters. The molecular formula is C20H19N3O5. The van der Waals surface area contributed by atoms with Gasteiger partial charge in [-0.05, 0) is 36.5 Å². The molecule has 1 aromatic carbocycles. The van der Waals surface area contributed by atoms with Crippen LogP contribution in [0.1, 0.15) is 23.6 Å². The lowest BCUT2D eigenvalue weighted by atomic mass is 9.70. The summed E-state index contributed by atoms with van der Waals surface area (Å²) in [5, 5.41) is 21.1. The van der Waals surface area contributed by atoms with Gasteiger partial charge in [0.2, 0.25) is 0 Å². The molecule has 144 valence electrons. The number of anilines is 1. The second-order valence-electron chi connectivity index (χ2n) is 7.95. The number of aromatic nitrogens is 1. The van der Waals surface area contributed by atoms with E-state index in [0.717, 1.165) is 17.8 Å². The van der Waals surface area contributed by atoms with Crippen molar-refractivity contribution in [1.29, 1.82) is 0 Å². The molecule has 8 nitrogen and oxygen atoms in total. The van der Waals surface area contributed by atoms with Crippen molar-refractivity contribution in [3.05, 3.63) is 68.1 Å². The number of carbonyl (C=O) groups is 1. The summed E-state index contributed by atoms with van der Waals surface area (Å²) in [6.45, 7) is 1.12. The minimum atomic E-state index is -0.892. The summed E-state index contributed by atoms with van der Waals surface area (Å²) in [4.78, 5) is 37.3. The number of hydrogen-bond donors (Lipinski definition) is 1. The number of piperidine rings is 1. The van der Waals surface area contributed by atoms with E-state index in [1.807, 2.05) is 6.07 Å². The number of nitro benzene ring substituents is 1. The van der Waals surface area contributed by atoms with Gasteiger partial charge in [0, 0.05) is 54.6 Å². The minimum Gasteiger partial charge on any atom is -0.481 e. The van der Waals surface area contributed by atoms with Crippen molar-refractivity contribution in [1.82, 2.24) is 4.57 Å². The summed E-state index contributed by atoms with van der Waals surface area (Å²) in [7, 11) is 0. The molecule has 28 heavy (non-hydrogen) atoms. The predicted molar refractivity (Wildman–Crippen MR) is 101 cm³/mol. The number of non-ortho nitro benzene ring substituents is 1. The zero-order valence-electron chi connectivity index (χ0n) is 15.0. The molecule has 0 spiro atoms. The largest absolute Gasteiger partial charge is 0.481 e. The van der Waals surface area contributed by atoms with E-state index in [0.29, 0.717) is 18.7 Å². The summed E-state index contributed by atoms with van der Waals surface area (Å²) in [6.07, 6.45) is 1.13. The number of aliphatic carboxylic acids is 1. The first-order valence-electron chi connectivity index (χ1n) is 9.40. The van der Waals surface area contributed by atoms with E-state index < -0.39 is 16.8 Å². The Kier molecular flexibility index (Phi) is 3.59. The highest BCUT2D eigenvalue weighted by Gasteiger charge is 2.49. The molecule has 1 fully saturated rings. The number of benzene rings is 1. The predicted octanol–water partition coefficient (Wildman–Crippen LogP) is 2.01. The van der Waals surface area contributed by atoms with Crippen LogP contribution in [0.15, 0.2) is 41.2 Å². The van der Waals surface area contributed by atoms with Gasteiger partial charge in [-0.15, -0.1) is 0 Å². The van der Waals surface area contributed by atoms with Gasteiger partial charge in [-0.2, -0.15) is 0 Å². The van der Waals surface area contributed by atoms with Crippen LogP contribution in [0.25, 0.3) is 0 Å². The highest BCUT2D eigenvalue weighted by molar-refractivity contribution is 5.76. The first-order chi connectivity index (χ1) is 13.4. The number of pyridine rings is 1. The van der Waals surface area contributed by atoms with E-state index in [-0.39, 0.29) is 35.5 Å². The molecule has 3 aliphatic heterocycles. The van der Waals surface area contributed by atoms with Crippen molar-refractivity contribution in [2.75, 3.05) is 11.4 Å². The highest BCUT2D eigenvalue weighted by Crippen LogP contribution is 2.47. The van der Waals surface area contributed by atoms with Crippen LogP contribution < -0.4 is 10.5 Å². The smallest absolute Gasteiger partial charge is 0.308 e. The monoisotopic (exact) mass is 381 g/mol. The van der Waals surface area contributed by atoms with E-state index >= 15 is 0 Å². The van der Waals surface area contributed by atoms with Crippen LogP contribution in [-0.2, 0) is 17.8 Å². The lowest BCUT2D eigenvalue weighted by Gasteiger charge is -2.53. The number of hydrogen-bond acceptors (Lipinski definition) is 5. The summed E-state index contributed by atoms with van der Waals surface area (Å²) < 4.78 is 1.79. The Morgan fingerprint density at radius 2 is 2.04 bits per heavy atom. The Balaban J connectivity index is 1.64. The van der Waals surface area contributed by atoms with E-state index in [4.69, 9.17) is 0 Å². The molecule has 8 heteroatoms. The van der Waals surface area contributed by atoms with Crippen LogP contribution in [0, 0.1) is 22.0 Å². The van der Waals surface area contributed by atoms with Crippen LogP contribution in [0.4, 0.5) is 11.4 Å². The second kappa shape index (κ2) is 5.92. The molecule has 0 amide bonds. The molecule has 2 aromatic rings. The molecule has 1 N–H and O–H groups in total. The Labute approximate surface area is 160 Å². The first-order valence-corrected chi connectivity index (χ1v) is 9.40. The van der Waals surface area contributed by atoms with Crippen molar-refractivity contribution in [2.45, 2.75) is 31.3 Å². The number of carboxylic acid groups (broad SMARTS) is 1. The topological polar surface area (TPSA) is 106 Å². The average molecular weight is 381 g/mol. The molecule has 0 radical (unpaired) electrons. The second-order valence-corrected chi connectivity index (χ2v) is 7.95. The Hall–Kier alpha value is -3.16. The fraction of sp³-hybridized carbons (Fsp3) is 0.400. The van der Waals surface area contributed by atoms with Crippen LogP contribution in [0.3, 0.4) is 0 Å². The lowest BCUT2D eigenvalue weighted by Crippen LogP contribution is -2.60. The van der Waals surface area contributed by atoms with E-state index in [9.17, 15) is 24.8 Å². The van der Waals surface area contributed by atoms with Gasteiger partial charge < -0.3 is 14.6 Å².